The number of amides is 2. The molecule has 0 aromatic rings. The number of hydrogen-bond donors (Lipinski definition) is 2. The van der Waals surface area contributed by atoms with Crippen molar-refractivity contribution in [3.63, 3.8) is 0 Å². The molecule has 8 heteroatoms. The molecular formula is C50H100Br2N4O2. The summed E-state index contributed by atoms with van der Waals surface area (Å²) in [5.41, 5.74) is 0. The van der Waals surface area contributed by atoms with Crippen LogP contribution in [0.5, 0.6) is 0 Å². The molecule has 346 valence electrons. The molecule has 0 aliphatic carbocycles. The quantitative estimate of drug-likeness (QED) is 0.0472. The van der Waals surface area contributed by atoms with Crippen molar-refractivity contribution < 1.29 is 9.59 Å². The number of halogens is 2. The Labute approximate surface area is 383 Å². The molecule has 0 unspecified atom stereocenters. The molecular weight excluding hydrogens is 848 g/mol. The van der Waals surface area contributed by atoms with Crippen LogP contribution in [0.3, 0.4) is 0 Å². The Kier molecular flexibility index (Phi) is 55.7. The SMILES string of the molecule is Br.Br.CCCCCCCC/C=C\CCCCCCCC(=O)NCCCCN(C)CCCCCN(C)CCCNC(=O)CCCCCCC/C=C\CCCCCCCC. The monoisotopic (exact) mass is 947 g/mol. The number of nitrogens with zero attached hydrogens (tertiary/aromatic N) is 2. The number of unbranched alkanes of at least 4 members (excludes halogenated alkanes) is 25. The highest BCUT2D eigenvalue weighted by Gasteiger charge is 2.05. The highest BCUT2D eigenvalue weighted by atomic mass is 79.9. The third-order valence-corrected chi connectivity index (χ3v) is 11.2. The lowest BCUT2D eigenvalue weighted by Crippen LogP contribution is -2.28. The molecule has 0 fully saturated rings. The summed E-state index contributed by atoms with van der Waals surface area (Å²) in [6.45, 7) is 10.6. The fraction of sp³-hybridized carbons (Fsp3) is 0.880. The maximum absolute atomic E-state index is 12.2. The molecule has 0 bridgehead atoms. The minimum atomic E-state index is 0. The maximum Gasteiger partial charge on any atom is 0.219 e. The molecule has 0 aromatic heterocycles. The lowest BCUT2D eigenvalue weighted by atomic mass is 10.1. The van der Waals surface area contributed by atoms with Gasteiger partial charge in [0.2, 0.25) is 11.8 Å². The van der Waals surface area contributed by atoms with Crippen LogP contribution in [0.2, 0.25) is 0 Å². The van der Waals surface area contributed by atoms with E-state index in [4.69, 9.17) is 0 Å². The summed E-state index contributed by atoms with van der Waals surface area (Å²) in [6, 6.07) is 0. The Hall–Kier alpha value is -0.700. The predicted octanol–water partition coefficient (Wildman–Crippen LogP) is 14.7. The van der Waals surface area contributed by atoms with Crippen LogP contribution >= 0.6 is 34.0 Å². The van der Waals surface area contributed by atoms with E-state index in [2.05, 4.69) is 72.7 Å². The van der Waals surface area contributed by atoms with Crippen molar-refractivity contribution in [2.24, 2.45) is 0 Å². The highest BCUT2D eigenvalue weighted by Crippen LogP contribution is 2.12. The van der Waals surface area contributed by atoms with Gasteiger partial charge in [0.15, 0.2) is 0 Å². The summed E-state index contributed by atoms with van der Waals surface area (Å²) in [6.07, 6.45) is 51.4. The van der Waals surface area contributed by atoms with Crippen molar-refractivity contribution >= 4 is 45.8 Å². The molecule has 0 radical (unpaired) electrons. The summed E-state index contributed by atoms with van der Waals surface area (Å²) in [5.74, 6) is 0.456. The van der Waals surface area contributed by atoms with Crippen LogP contribution in [-0.2, 0) is 9.59 Å². The maximum atomic E-state index is 12.2. The van der Waals surface area contributed by atoms with E-state index in [-0.39, 0.29) is 45.8 Å². The minimum Gasteiger partial charge on any atom is -0.356 e. The van der Waals surface area contributed by atoms with Crippen LogP contribution in [0.4, 0.5) is 0 Å². The van der Waals surface area contributed by atoms with E-state index in [0.29, 0.717) is 12.8 Å². The number of allylic oxidation sites excluding steroid dienone is 4. The smallest absolute Gasteiger partial charge is 0.219 e. The normalized spacial score (nSPS) is 11.5. The summed E-state index contributed by atoms with van der Waals surface area (Å²) in [7, 11) is 4.43. The zero-order valence-electron chi connectivity index (χ0n) is 39.1. The lowest BCUT2D eigenvalue weighted by Gasteiger charge is -2.18. The first-order valence-corrected chi connectivity index (χ1v) is 24.7. The summed E-state index contributed by atoms with van der Waals surface area (Å²) >= 11 is 0. The van der Waals surface area contributed by atoms with Crippen LogP contribution in [0.15, 0.2) is 24.3 Å². The van der Waals surface area contributed by atoms with E-state index in [1.165, 1.54) is 173 Å². The van der Waals surface area contributed by atoms with E-state index >= 15 is 0 Å². The zero-order valence-corrected chi connectivity index (χ0v) is 42.5. The van der Waals surface area contributed by atoms with Gasteiger partial charge in [-0.3, -0.25) is 9.59 Å². The van der Waals surface area contributed by atoms with E-state index in [1.807, 2.05) is 0 Å². The van der Waals surface area contributed by atoms with Gasteiger partial charge < -0.3 is 20.4 Å². The number of rotatable bonds is 45. The summed E-state index contributed by atoms with van der Waals surface area (Å²) < 4.78 is 0. The molecule has 0 aliphatic rings. The van der Waals surface area contributed by atoms with Gasteiger partial charge in [-0.25, -0.2) is 0 Å². The number of hydrogen-bond acceptors (Lipinski definition) is 4. The summed E-state index contributed by atoms with van der Waals surface area (Å²) in [4.78, 5) is 29.2. The molecule has 58 heavy (non-hydrogen) atoms. The first kappa shape index (κ1) is 61.6. The van der Waals surface area contributed by atoms with Gasteiger partial charge in [-0.05, 0) is 137 Å². The van der Waals surface area contributed by atoms with E-state index < -0.39 is 0 Å². The van der Waals surface area contributed by atoms with Crippen molar-refractivity contribution in [3.05, 3.63) is 24.3 Å². The Morgan fingerprint density at radius 2 is 0.638 bits per heavy atom. The average Bonchev–Trinajstić information content (AvgIpc) is 3.19. The van der Waals surface area contributed by atoms with Crippen molar-refractivity contribution in [3.8, 4) is 0 Å². The van der Waals surface area contributed by atoms with Gasteiger partial charge in [0.05, 0.1) is 0 Å². The van der Waals surface area contributed by atoms with Gasteiger partial charge in [-0.1, -0.05) is 147 Å². The second-order valence-electron chi connectivity index (χ2n) is 17.1. The zero-order chi connectivity index (χ0) is 40.8. The second kappa shape index (κ2) is 52.4. The fourth-order valence-corrected chi connectivity index (χ4v) is 7.36. The third-order valence-electron chi connectivity index (χ3n) is 11.2. The molecule has 2 N–H and O–H groups in total. The lowest BCUT2D eigenvalue weighted by molar-refractivity contribution is -0.122. The minimum absolute atomic E-state index is 0. The average molecular weight is 949 g/mol. The van der Waals surface area contributed by atoms with Crippen LogP contribution in [0.25, 0.3) is 0 Å². The number of carbonyl (C=O) groups is 2. The molecule has 0 saturated heterocycles. The Balaban J connectivity index is -0.0000151. The predicted molar refractivity (Wildman–Crippen MR) is 268 cm³/mol. The van der Waals surface area contributed by atoms with Crippen molar-refractivity contribution in [2.75, 3.05) is 53.4 Å². The molecule has 0 atom stereocenters. The number of nitrogens with one attached hydrogen (secondary N) is 2. The fourth-order valence-electron chi connectivity index (χ4n) is 7.36. The van der Waals surface area contributed by atoms with Crippen LogP contribution < -0.4 is 10.6 Å². The largest absolute Gasteiger partial charge is 0.356 e. The van der Waals surface area contributed by atoms with E-state index in [9.17, 15) is 9.59 Å². The molecule has 0 saturated carbocycles. The van der Waals surface area contributed by atoms with Gasteiger partial charge in [-0.15, -0.1) is 34.0 Å². The van der Waals surface area contributed by atoms with E-state index in [0.717, 1.165) is 71.4 Å². The Morgan fingerprint density at radius 3 is 1.02 bits per heavy atom. The van der Waals surface area contributed by atoms with Crippen molar-refractivity contribution in [1.29, 1.82) is 0 Å². The second-order valence-corrected chi connectivity index (χ2v) is 17.1. The molecule has 0 aliphatic heterocycles. The molecule has 6 nitrogen and oxygen atoms in total. The molecule has 0 heterocycles. The third kappa shape index (κ3) is 51.4. The molecule has 0 rings (SSSR count). The first-order valence-electron chi connectivity index (χ1n) is 24.7. The van der Waals surface area contributed by atoms with Gasteiger partial charge in [0.25, 0.3) is 0 Å². The first-order chi connectivity index (χ1) is 27.5. The van der Waals surface area contributed by atoms with Crippen molar-refractivity contribution in [2.45, 2.75) is 232 Å². The topological polar surface area (TPSA) is 64.7 Å². The molecule has 0 spiro atoms. The van der Waals surface area contributed by atoms with Gasteiger partial charge in [0, 0.05) is 25.9 Å². The number of carbonyl (C=O) groups excluding carboxylic acids is 2. The van der Waals surface area contributed by atoms with E-state index in [1.54, 1.807) is 0 Å². The van der Waals surface area contributed by atoms with Gasteiger partial charge in [-0.2, -0.15) is 0 Å². The Morgan fingerprint density at radius 1 is 0.362 bits per heavy atom. The van der Waals surface area contributed by atoms with Crippen LogP contribution in [0.1, 0.15) is 232 Å². The van der Waals surface area contributed by atoms with Crippen LogP contribution in [0, 0.1) is 0 Å². The van der Waals surface area contributed by atoms with Gasteiger partial charge >= 0.3 is 0 Å². The molecule has 2 amide bonds. The van der Waals surface area contributed by atoms with Crippen molar-refractivity contribution in [1.82, 2.24) is 20.4 Å². The molecule has 0 aromatic carbocycles. The summed E-state index contributed by atoms with van der Waals surface area (Å²) in [5, 5.41) is 6.26. The van der Waals surface area contributed by atoms with Crippen LogP contribution in [-0.4, -0.2) is 75.0 Å². The highest BCUT2D eigenvalue weighted by molar-refractivity contribution is 8.93. The Bertz CT molecular complexity index is 888. The standard InChI is InChI=1S/C50H98N4O2.2BrH/c1-5-7-9-11-13-15-17-19-21-23-25-27-29-31-34-41-49(55)51-43-36-39-47-53(3)45-37-33-38-46-54(4)48-40-44-52-50(56)42-35-32-30-28-26-24-22-20-18-16-14-12-10-8-6-2;;/h19-22H,5-18,23-48H2,1-4H3,(H,51,55)(H,52,56);2*1H/b21-19-,22-20-;;. The van der Waals surface area contributed by atoms with Gasteiger partial charge in [0.1, 0.15) is 0 Å².